The van der Waals surface area contributed by atoms with Crippen molar-refractivity contribution in [3.63, 3.8) is 0 Å². The van der Waals surface area contributed by atoms with Crippen LogP contribution in [0.2, 0.25) is 0 Å². The zero-order valence-electron chi connectivity index (χ0n) is 18.9. The van der Waals surface area contributed by atoms with E-state index in [0.29, 0.717) is 24.3 Å². The van der Waals surface area contributed by atoms with Crippen LogP contribution in [0, 0.1) is 0 Å². The normalized spacial score (nSPS) is 13.7. The minimum atomic E-state index is -0.0263. The average molecular weight is 433 g/mol. The van der Waals surface area contributed by atoms with Crippen LogP contribution in [0.25, 0.3) is 20.9 Å². The van der Waals surface area contributed by atoms with Gasteiger partial charge in [-0.05, 0) is 58.3 Å². The molecule has 0 atom stereocenters. The number of rotatable bonds is 6. The summed E-state index contributed by atoms with van der Waals surface area (Å²) in [6.45, 7) is 11.1. The van der Waals surface area contributed by atoms with Crippen LogP contribution >= 0.6 is 0 Å². The second-order valence-corrected chi connectivity index (χ2v) is 8.49. The number of hydrogen-bond acceptors (Lipinski definition) is 4. The maximum Gasteiger partial charge on any atom is 0.253 e. The van der Waals surface area contributed by atoms with Gasteiger partial charge in [-0.3, -0.25) is 4.79 Å². The third-order valence-corrected chi connectivity index (χ3v) is 5.75. The predicted octanol–water partition coefficient (Wildman–Crippen LogP) is 6.78. The van der Waals surface area contributed by atoms with Crippen molar-refractivity contribution in [2.45, 2.75) is 39.5 Å². The smallest absolute Gasteiger partial charge is 0.253 e. The van der Waals surface area contributed by atoms with Crippen LogP contribution < -0.4 is 4.90 Å². The van der Waals surface area contributed by atoms with Crippen molar-refractivity contribution >= 4 is 23.0 Å². The van der Waals surface area contributed by atoms with Gasteiger partial charge in [-0.1, -0.05) is 50.1 Å². The molecule has 0 radical (unpaired) electrons. The van der Waals surface area contributed by atoms with E-state index in [1.54, 1.807) is 24.3 Å². The molecule has 1 aliphatic rings. The molecule has 0 aromatic heterocycles. The molecule has 9 heteroatoms. The lowest BCUT2D eigenvalue weighted by Crippen LogP contribution is -2.48. The minimum absolute atomic E-state index is 0.0263. The van der Waals surface area contributed by atoms with E-state index in [9.17, 15) is 4.79 Å². The van der Waals surface area contributed by atoms with E-state index in [0.717, 1.165) is 35.6 Å². The van der Waals surface area contributed by atoms with Crippen LogP contribution in [0.15, 0.2) is 46.6 Å². The maximum atomic E-state index is 12.9. The molecule has 2 aromatic carbocycles. The Balaban J connectivity index is 1.79. The van der Waals surface area contributed by atoms with Gasteiger partial charge in [0.05, 0.1) is 0 Å². The highest BCUT2D eigenvalue weighted by atomic mass is 16.2. The largest absolute Gasteiger partial charge is 0.368 e. The molecular weight excluding hydrogens is 404 g/mol. The van der Waals surface area contributed by atoms with Gasteiger partial charge in [0, 0.05) is 58.6 Å². The molecule has 0 spiro atoms. The molecule has 2 aromatic rings. The Bertz CT molecular complexity index is 1040. The first-order chi connectivity index (χ1) is 15.3. The fraction of sp³-hybridized carbons (Fsp3) is 0.435. The Kier molecular flexibility index (Phi) is 7.25. The summed E-state index contributed by atoms with van der Waals surface area (Å²) in [5, 5.41) is 7.55. The highest BCUT2D eigenvalue weighted by Gasteiger charge is 2.24. The number of amides is 1. The summed E-state index contributed by atoms with van der Waals surface area (Å²) in [5.41, 5.74) is 22.6. The van der Waals surface area contributed by atoms with Crippen molar-refractivity contribution < 1.29 is 4.79 Å². The molecule has 32 heavy (non-hydrogen) atoms. The van der Waals surface area contributed by atoms with Crippen LogP contribution in [0.1, 0.15) is 61.0 Å². The highest BCUT2D eigenvalue weighted by molar-refractivity contribution is 5.94. The Morgan fingerprint density at radius 3 is 1.88 bits per heavy atom. The lowest BCUT2D eigenvalue weighted by molar-refractivity contribution is 0.0747. The molecule has 0 aliphatic carbocycles. The van der Waals surface area contributed by atoms with Crippen LogP contribution in [0.4, 0.5) is 17.1 Å². The van der Waals surface area contributed by atoms with Crippen LogP contribution in [0.3, 0.4) is 0 Å². The Hall–Kier alpha value is -3.67. The molecular formula is C23H28N8O. The van der Waals surface area contributed by atoms with E-state index in [1.807, 2.05) is 4.90 Å². The molecule has 1 heterocycles. The zero-order chi connectivity index (χ0) is 23.3. The van der Waals surface area contributed by atoms with Gasteiger partial charge in [0.15, 0.2) is 0 Å². The molecule has 1 saturated heterocycles. The molecule has 166 valence electrons. The Labute approximate surface area is 187 Å². The van der Waals surface area contributed by atoms with Gasteiger partial charge in [0.2, 0.25) is 0 Å². The first kappa shape index (κ1) is 23.0. The first-order valence-electron chi connectivity index (χ1n) is 10.8. The summed E-state index contributed by atoms with van der Waals surface area (Å²) in [6.07, 6.45) is 0. The van der Waals surface area contributed by atoms with E-state index in [-0.39, 0.29) is 17.7 Å². The first-order valence-corrected chi connectivity index (χ1v) is 10.8. The standard InChI is InChI=1S/C23H28N8O/c1-15(2)20-13-19(14-21(16(3)4)22(20)27-29-25)30-9-11-31(12-10-30)23(32)17-5-7-18(8-6-17)26-28-24/h5-8,13-16H,9-12H2,1-4H3. The van der Waals surface area contributed by atoms with E-state index >= 15 is 0 Å². The summed E-state index contributed by atoms with van der Waals surface area (Å²) < 4.78 is 0. The summed E-state index contributed by atoms with van der Waals surface area (Å²) in [5.74, 6) is 0.426. The molecule has 0 bridgehead atoms. The van der Waals surface area contributed by atoms with Gasteiger partial charge >= 0.3 is 0 Å². The molecule has 3 rings (SSSR count). The molecule has 9 nitrogen and oxygen atoms in total. The lowest BCUT2D eigenvalue weighted by Gasteiger charge is -2.37. The minimum Gasteiger partial charge on any atom is -0.368 e. The average Bonchev–Trinajstić information content (AvgIpc) is 2.79. The van der Waals surface area contributed by atoms with Crippen molar-refractivity contribution in [1.29, 1.82) is 0 Å². The SMILES string of the molecule is CC(C)c1cc(N2CCN(C(=O)c3ccc(N=[N+]=[N-])cc3)CC2)cc(C(C)C)c1N=[N+]=[N-]. The van der Waals surface area contributed by atoms with Gasteiger partial charge in [0.25, 0.3) is 5.91 Å². The number of azide groups is 2. The summed E-state index contributed by atoms with van der Waals surface area (Å²) in [4.78, 5) is 22.8. The molecule has 0 unspecified atom stereocenters. The van der Waals surface area contributed by atoms with E-state index in [4.69, 9.17) is 11.1 Å². The predicted molar refractivity (Wildman–Crippen MR) is 127 cm³/mol. The van der Waals surface area contributed by atoms with Gasteiger partial charge < -0.3 is 9.80 Å². The second kappa shape index (κ2) is 10.1. The fourth-order valence-electron chi connectivity index (χ4n) is 3.96. The Morgan fingerprint density at radius 2 is 1.41 bits per heavy atom. The number of benzene rings is 2. The van der Waals surface area contributed by atoms with E-state index < -0.39 is 0 Å². The van der Waals surface area contributed by atoms with Gasteiger partial charge in [-0.25, -0.2) is 0 Å². The number of hydrogen-bond donors (Lipinski definition) is 0. The van der Waals surface area contributed by atoms with Gasteiger partial charge in [-0.15, -0.1) is 0 Å². The van der Waals surface area contributed by atoms with Crippen LogP contribution in [-0.4, -0.2) is 37.0 Å². The topological polar surface area (TPSA) is 121 Å². The number of nitrogens with zero attached hydrogens (tertiary/aromatic N) is 8. The monoisotopic (exact) mass is 432 g/mol. The number of piperazine rings is 1. The van der Waals surface area contributed by atoms with Crippen molar-refractivity contribution in [2.75, 3.05) is 31.1 Å². The Morgan fingerprint density at radius 1 is 0.875 bits per heavy atom. The fourth-order valence-corrected chi connectivity index (χ4v) is 3.96. The third kappa shape index (κ3) is 4.97. The third-order valence-electron chi connectivity index (χ3n) is 5.75. The van der Waals surface area contributed by atoms with E-state index in [1.165, 1.54) is 0 Å². The van der Waals surface area contributed by atoms with Crippen LogP contribution in [-0.2, 0) is 0 Å². The maximum absolute atomic E-state index is 12.9. The highest BCUT2D eigenvalue weighted by Crippen LogP contribution is 2.39. The van der Waals surface area contributed by atoms with Gasteiger partial charge in [0.1, 0.15) is 0 Å². The molecule has 1 fully saturated rings. The number of carbonyl (C=O) groups excluding carboxylic acids is 1. The van der Waals surface area contributed by atoms with Crippen LogP contribution in [0.5, 0.6) is 0 Å². The second-order valence-electron chi connectivity index (χ2n) is 8.49. The molecule has 0 saturated carbocycles. The quantitative estimate of drug-likeness (QED) is 0.284. The van der Waals surface area contributed by atoms with E-state index in [2.05, 4.69) is 64.8 Å². The molecule has 0 N–H and O–H groups in total. The number of carbonyl (C=O) groups is 1. The molecule has 1 amide bonds. The zero-order valence-corrected chi connectivity index (χ0v) is 18.9. The summed E-state index contributed by atoms with van der Waals surface area (Å²) in [6, 6.07) is 10.9. The van der Waals surface area contributed by atoms with Crippen molar-refractivity contribution in [3.05, 3.63) is 74.0 Å². The summed E-state index contributed by atoms with van der Waals surface area (Å²) >= 11 is 0. The number of anilines is 1. The molecule has 1 aliphatic heterocycles. The van der Waals surface area contributed by atoms with Crippen molar-refractivity contribution in [1.82, 2.24) is 4.90 Å². The van der Waals surface area contributed by atoms with Crippen molar-refractivity contribution in [3.8, 4) is 0 Å². The van der Waals surface area contributed by atoms with Gasteiger partial charge in [-0.2, -0.15) is 0 Å². The summed E-state index contributed by atoms with van der Waals surface area (Å²) in [7, 11) is 0. The van der Waals surface area contributed by atoms with Crippen molar-refractivity contribution in [2.24, 2.45) is 10.2 Å². The lowest BCUT2D eigenvalue weighted by atomic mass is 9.91.